The Morgan fingerprint density at radius 2 is 1.67 bits per heavy atom. The quantitative estimate of drug-likeness (QED) is 0.660. The molecule has 0 unspecified atom stereocenters. The van der Waals surface area contributed by atoms with Gasteiger partial charge in [-0.25, -0.2) is 13.2 Å². The average Bonchev–Trinajstić information content (AvgIpc) is 2.45. The third kappa shape index (κ3) is 3.88. The SMILES string of the molecule is CC(C)(C)OC(=O)c1ccc(S(=O)(=O)c2c(N)cccc2Cl)cc1. The van der Waals surface area contributed by atoms with E-state index in [4.69, 9.17) is 22.1 Å². The minimum absolute atomic E-state index is 0.00499. The molecule has 0 aliphatic carbocycles. The summed E-state index contributed by atoms with van der Waals surface area (Å²) in [7, 11) is -3.89. The third-order valence-corrected chi connectivity index (χ3v) is 5.38. The molecule has 24 heavy (non-hydrogen) atoms. The van der Waals surface area contributed by atoms with Crippen molar-refractivity contribution >= 4 is 33.1 Å². The Balaban J connectivity index is 2.39. The smallest absolute Gasteiger partial charge is 0.338 e. The molecule has 0 heterocycles. The van der Waals surface area contributed by atoms with Gasteiger partial charge in [-0.2, -0.15) is 0 Å². The number of ether oxygens (including phenoxy) is 1. The van der Waals surface area contributed by atoms with Crippen LogP contribution in [-0.4, -0.2) is 20.0 Å². The van der Waals surface area contributed by atoms with Gasteiger partial charge >= 0.3 is 5.97 Å². The lowest BCUT2D eigenvalue weighted by atomic mass is 10.2. The van der Waals surface area contributed by atoms with E-state index in [9.17, 15) is 13.2 Å². The van der Waals surface area contributed by atoms with E-state index in [0.29, 0.717) is 0 Å². The van der Waals surface area contributed by atoms with Crippen LogP contribution in [0.3, 0.4) is 0 Å². The molecular weight excluding hydrogens is 350 g/mol. The van der Waals surface area contributed by atoms with Gasteiger partial charge in [0, 0.05) is 0 Å². The van der Waals surface area contributed by atoms with Gasteiger partial charge in [0.2, 0.25) is 9.84 Å². The maximum Gasteiger partial charge on any atom is 0.338 e. The lowest BCUT2D eigenvalue weighted by molar-refractivity contribution is 0.00694. The molecule has 0 bridgehead atoms. The van der Waals surface area contributed by atoms with Crippen molar-refractivity contribution < 1.29 is 17.9 Å². The van der Waals surface area contributed by atoms with Crippen LogP contribution in [0.25, 0.3) is 0 Å². The number of carbonyl (C=O) groups is 1. The van der Waals surface area contributed by atoms with Crippen molar-refractivity contribution in [1.82, 2.24) is 0 Å². The second-order valence-corrected chi connectivity index (χ2v) is 8.48. The van der Waals surface area contributed by atoms with Crippen LogP contribution in [0, 0.1) is 0 Å². The highest BCUT2D eigenvalue weighted by Crippen LogP contribution is 2.32. The van der Waals surface area contributed by atoms with Gasteiger partial charge in [-0.3, -0.25) is 0 Å². The highest BCUT2D eigenvalue weighted by atomic mass is 35.5. The zero-order chi connectivity index (χ0) is 18.1. The molecule has 0 spiro atoms. The van der Waals surface area contributed by atoms with Crippen molar-refractivity contribution in [1.29, 1.82) is 0 Å². The number of nitrogens with two attached hydrogens (primary N) is 1. The first-order valence-corrected chi connectivity index (χ1v) is 9.01. The highest BCUT2D eigenvalue weighted by Gasteiger charge is 2.24. The van der Waals surface area contributed by atoms with Crippen molar-refractivity contribution in [2.75, 3.05) is 5.73 Å². The fourth-order valence-electron chi connectivity index (χ4n) is 2.03. The van der Waals surface area contributed by atoms with Gasteiger partial charge in [0.25, 0.3) is 0 Å². The summed E-state index contributed by atoms with van der Waals surface area (Å²) in [6.07, 6.45) is 0. The van der Waals surface area contributed by atoms with Crippen LogP contribution in [0.2, 0.25) is 5.02 Å². The number of hydrogen-bond donors (Lipinski definition) is 1. The Morgan fingerprint density at radius 1 is 1.08 bits per heavy atom. The molecule has 2 N–H and O–H groups in total. The van der Waals surface area contributed by atoms with Gasteiger partial charge in [0.05, 0.1) is 21.2 Å². The monoisotopic (exact) mass is 367 g/mol. The van der Waals surface area contributed by atoms with Gasteiger partial charge < -0.3 is 10.5 Å². The van der Waals surface area contributed by atoms with E-state index in [1.54, 1.807) is 26.8 Å². The second-order valence-electron chi connectivity index (χ2n) is 6.19. The van der Waals surface area contributed by atoms with Crippen molar-refractivity contribution in [3.63, 3.8) is 0 Å². The summed E-state index contributed by atoms with van der Waals surface area (Å²) in [5.74, 6) is -0.524. The highest BCUT2D eigenvalue weighted by molar-refractivity contribution is 7.91. The predicted octanol–water partition coefficient (Wildman–Crippen LogP) is 3.71. The molecule has 0 fully saturated rings. The Morgan fingerprint density at radius 3 is 2.17 bits per heavy atom. The van der Waals surface area contributed by atoms with Crippen molar-refractivity contribution in [3.8, 4) is 0 Å². The lowest BCUT2D eigenvalue weighted by Crippen LogP contribution is -2.23. The van der Waals surface area contributed by atoms with E-state index in [-0.39, 0.29) is 26.1 Å². The molecule has 0 aliphatic rings. The number of nitrogen functional groups attached to an aromatic ring is 1. The minimum atomic E-state index is -3.89. The van der Waals surface area contributed by atoms with Crippen LogP contribution in [-0.2, 0) is 14.6 Å². The fourth-order valence-corrected chi connectivity index (χ4v) is 3.95. The number of carbonyl (C=O) groups excluding carboxylic acids is 1. The molecule has 2 aromatic rings. The lowest BCUT2D eigenvalue weighted by Gasteiger charge is -2.19. The van der Waals surface area contributed by atoms with Crippen LogP contribution in [0.15, 0.2) is 52.3 Å². The maximum atomic E-state index is 12.7. The van der Waals surface area contributed by atoms with Gasteiger partial charge in [-0.15, -0.1) is 0 Å². The molecule has 7 heteroatoms. The first-order chi connectivity index (χ1) is 11.0. The van der Waals surface area contributed by atoms with E-state index in [2.05, 4.69) is 0 Å². The summed E-state index contributed by atoms with van der Waals surface area (Å²) in [5.41, 5.74) is 5.45. The predicted molar refractivity (Wildman–Crippen MR) is 92.9 cm³/mol. The molecule has 0 amide bonds. The molecule has 0 saturated carbocycles. The van der Waals surface area contributed by atoms with Crippen LogP contribution in [0.5, 0.6) is 0 Å². The van der Waals surface area contributed by atoms with E-state index in [1.165, 1.54) is 36.4 Å². The summed E-state index contributed by atoms with van der Waals surface area (Å²) in [4.78, 5) is 11.8. The topological polar surface area (TPSA) is 86.5 Å². The first kappa shape index (κ1) is 18.3. The molecule has 128 valence electrons. The van der Waals surface area contributed by atoms with E-state index < -0.39 is 21.4 Å². The maximum absolute atomic E-state index is 12.7. The normalized spacial score (nSPS) is 12.0. The number of esters is 1. The fraction of sp³-hybridized carbons (Fsp3) is 0.235. The molecule has 0 atom stereocenters. The Kier molecular flexibility index (Phi) is 4.92. The van der Waals surface area contributed by atoms with Crippen molar-refractivity contribution in [3.05, 3.63) is 53.1 Å². The summed E-state index contributed by atoms with van der Waals surface area (Å²) in [5, 5.41) is 0.0474. The number of rotatable bonds is 3. The Labute approximate surface area is 146 Å². The van der Waals surface area contributed by atoms with Crippen LogP contribution in [0.1, 0.15) is 31.1 Å². The zero-order valence-electron chi connectivity index (χ0n) is 13.5. The largest absolute Gasteiger partial charge is 0.456 e. The summed E-state index contributed by atoms with van der Waals surface area (Å²) in [6, 6.07) is 9.95. The molecule has 5 nitrogen and oxygen atoms in total. The molecule has 0 radical (unpaired) electrons. The van der Waals surface area contributed by atoms with E-state index in [0.717, 1.165) is 0 Å². The third-order valence-electron chi connectivity index (χ3n) is 3.07. The van der Waals surface area contributed by atoms with E-state index >= 15 is 0 Å². The number of benzene rings is 2. The number of hydrogen-bond acceptors (Lipinski definition) is 5. The number of sulfone groups is 1. The Bertz CT molecular complexity index is 848. The van der Waals surface area contributed by atoms with Crippen LogP contribution in [0.4, 0.5) is 5.69 Å². The molecule has 2 aromatic carbocycles. The standard InChI is InChI=1S/C17H18ClNO4S/c1-17(2,3)23-16(20)11-7-9-12(10-8-11)24(21,22)15-13(18)5-4-6-14(15)19/h4-10H,19H2,1-3H3. The van der Waals surface area contributed by atoms with Crippen LogP contribution >= 0.6 is 11.6 Å². The first-order valence-electron chi connectivity index (χ1n) is 7.15. The Hall–Kier alpha value is -2.05. The minimum Gasteiger partial charge on any atom is -0.456 e. The number of anilines is 1. The van der Waals surface area contributed by atoms with Gasteiger partial charge in [0.15, 0.2) is 0 Å². The zero-order valence-corrected chi connectivity index (χ0v) is 15.1. The van der Waals surface area contributed by atoms with Gasteiger partial charge in [-0.05, 0) is 57.2 Å². The molecule has 0 saturated heterocycles. The summed E-state index contributed by atoms with van der Waals surface area (Å²) >= 11 is 5.98. The molecule has 0 aromatic heterocycles. The summed E-state index contributed by atoms with van der Waals surface area (Å²) in [6.45, 7) is 5.26. The van der Waals surface area contributed by atoms with Crippen molar-refractivity contribution in [2.24, 2.45) is 0 Å². The molecule has 2 rings (SSSR count). The number of halogens is 1. The molecule has 0 aliphatic heterocycles. The van der Waals surface area contributed by atoms with Crippen LogP contribution < -0.4 is 5.73 Å². The second kappa shape index (κ2) is 6.45. The molecular formula is C17H18ClNO4S. The summed E-state index contributed by atoms with van der Waals surface area (Å²) < 4.78 is 30.7. The van der Waals surface area contributed by atoms with Gasteiger partial charge in [-0.1, -0.05) is 17.7 Å². The van der Waals surface area contributed by atoms with E-state index in [1.807, 2.05) is 0 Å². The van der Waals surface area contributed by atoms with Gasteiger partial charge in [0.1, 0.15) is 10.5 Å². The van der Waals surface area contributed by atoms with Crippen molar-refractivity contribution in [2.45, 2.75) is 36.2 Å². The average molecular weight is 368 g/mol.